The molecule has 0 amide bonds. The highest BCUT2D eigenvalue weighted by Gasteiger charge is 2.16. The van der Waals surface area contributed by atoms with Crippen LogP contribution in [-0.2, 0) is 9.84 Å². The molecule has 0 spiro atoms. The fraction of sp³-hybridized carbons (Fsp3) is 0.600. The van der Waals surface area contributed by atoms with Crippen LogP contribution in [-0.4, -0.2) is 33.1 Å². The summed E-state index contributed by atoms with van der Waals surface area (Å²) < 4.78 is 28.6. The smallest absolute Gasteiger partial charge is 0.149 e. The summed E-state index contributed by atoms with van der Waals surface area (Å²) in [5.74, 6) is 0.912. The molecule has 4 nitrogen and oxygen atoms in total. The van der Waals surface area contributed by atoms with Crippen molar-refractivity contribution in [2.24, 2.45) is 0 Å². The van der Waals surface area contributed by atoms with E-state index in [0.717, 1.165) is 24.3 Å². The Balaban J connectivity index is 2.84. The first-order chi connectivity index (χ1) is 9.31. The molecule has 0 saturated carbocycles. The first kappa shape index (κ1) is 17.0. The Morgan fingerprint density at radius 1 is 1.20 bits per heavy atom. The highest BCUT2D eigenvalue weighted by atomic mass is 32.2. The average Bonchev–Trinajstić information content (AvgIpc) is 2.33. The molecule has 5 heteroatoms. The fourth-order valence-corrected chi connectivity index (χ4v) is 2.86. The number of benzene rings is 1. The van der Waals surface area contributed by atoms with Crippen LogP contribution in [0.15, 0.2) is 24.3 Å². The van der Waals surface area contributed by atoms with Gasteiger partial charge in [-0.15, -0.1) is 0 Å². The third-order valence-electron chi connectivity index (χ3n) is 2.76. The van der Waals surface area contributed by atoms with Crippen LogP contribution in [0, 0.1) is 0 Å². The van der Waals surface area contributed by atoms with E-state index in [4.69, 9.17) is 4.74 Å². The minimum absolute atomic E-state index is 0.109. The highest BCUT2D eigenvalue weighted by Crippen LogP contribution is 2.20. The summed E-state index contributed by atoms with van der Waals surface area (Å²) in [4.78, 5) is 0. The van der Waals surface area contributed by atoms with Gasteiger partial charge in [0.1, 0.15) is 15.6 Å². The van der Waals surface area contributed by atoms with E-state index in [1.807, 2.05) is 38.1 Å². The predicted molar refractivity (Wildman–Crippen MR) is 83.0 cm³/mol. The van der Waals surface area contributed by atoms with Crippen molar-refractivity contribution in [2.45, 2.75) is 39.3 Å². The minimum Gasteiger partial charge on any atom is -0.491 e. The third kappa shape index (κ3) is 6.39. The van der Waals surface area contributed by atoms with Crippen molar-refractivity contribution in [3.63, 3.8) is 0 Å². The van der Waals surface area contributed by atoms with E-state index in [1.165, 1.54) is 6.26 Å². The largest absolute Gasteiger partial charge is 0.491 e. The first-order valence-corrected chi connectivity index (χ1v) is 9.05. The summed E-state index contributed by atoms with van der Waals surface area (Å²) in [7, 11) is -3.02. The van der Waals surface area contributed by atoms with Gasteiger partial charge < -0.3 is 10.1 Å². The molecule has 0 bridgehead atoms. The maximum atomic E-state index is 11.5. The van der Waals surface area contributed by atoms with Crippen LogP contribution >= 0.6 is 0 Å². The molecule has 1 aromatic rings. The molecule has 0 aliphatic rings. The Bertz CT molecular complexity index is 494. The van der Waals surface area contributed by atoms with Gasteiger partial charge in [-0.3, -0.25) is 0 Å². The molecule has 0 aromatic heterocycles. The van der Waals surface area contributed by atoms with Gasteiger partial charge in [0.2, 0.25) is 0 Å². The maximum absolute atomic E-state index is 11.5. The van der Waals surface area contributed by atoms with Crippen LogP contribution in [0.4, 0.5) is 0 Å². The first-order valence-electron chi connectivity index (χ1n) is 6.99. The minimum atomic E-state index is -3.02. The second kappa shape index (κ2) is 7.64. The molecular formula is C15H25NO3S. The lowest BCUT2D eigenvalue weighted by atomic mass is 10.1. The van der Waals surface area contributed by atoms with E-state index in [1.54, 1.807) is 0 Å². The van der Waals surface area contributed by atoms with Gasteiger partial charge in [-0.05, 0) is 44.5 Å². The monoisotopic (exact) mass is 299 g/mol. The van der Waals surface area contributed by atoms with Gasteiger partial charge >= 0.3 is 0 Å². The Kier molecular flexibility index (Phi) is 6.49. The van der Waals surface area contributed by atoms with Crippen molar-refractivity contribution >= 4 is 9.84 Å². The molecule has 0 fully saturated rings. The molecule has 1 aromatic carbocycles. The molecule has 1 unspecified atom stereocenters. The number of nitrogens with one attached hydrogen (secondary N) is 1. The van der Waals surface area contributed by atoms with Gasteiger partial charge in [0.15, 0.2) is 0 Å². The van der Waals surface area contributed by atoms with E-state index in [9.17, 15) is 8.42 Å². The van der Waals surface area contributed by atoms with E-state index in [2.05, 4.69) is 12.2 Å². The molecule has 114 valence electrons. The van der Waals surface area contributed by atoms with Crippen molar-refractivity contribution in [1.29, 1.82) is 0 Å². The zero-order valence-electron chi connectivity index (χ0n) is 12.7. The number of hydrogen-bond acceptors (Lipinski definition) is 4. The fourth-order valence-electron chi connectivity index (χ4n) is 1.95. The van der Waals surface area contributed by atoms with Crippen LogP contribution in [0.25, 0.3) is 0 Å². The van der Waals surface area contributed by atoms with Crippen LogP contribution in [0.3, 0.4) is 0 Å². The lowest BCUT2D eigenvalue weighted by molar-refractivity contribution is 0.242. The van der Waals surface area contributed by atoms with Crippen LogP contribution in [0.1, 0.15) is 38.8 Å². The van der Waals surface area contributed by atoms with Gasteiger partial charge in [0.25, 0.3) is 0 Å². The molecule has 1 atom stereocenters. The molecule has 0 radical (unpaired) electrons. The normalized spacial score (nSPS) is 13.4. The molecule has 1 rings (SSSR count). The SMILES string of the molecule is CCCNC(CS(C)(=O)=O)c1ccc(OC(C)C)cc1. The van der Waals surface area contributed by atoms with E-state index < -0.39 is 9.84 Å². The van der Waals surface area contributed by atoms with Crippen molar-refractivity contribution in [3.05, 3.63) is 29.8 Å². The lowest BCUT2D eigenvalue weighted by Crippen LogP contribution is -2.28. The van der Waals surface area contributed by atoms with Crippen molar-refractivity contribution < 1.29 is 13.2 Å². The van der Waals surface area contributed by atoms with Gasteiger partial charge in [0, 0.05) is 12.3 Å². The second-order valence-corrected chi connectivity index (χ2v) is 7.52. The maximum Gasteiger partial charge on any atom is 0.149 e. The number of hydrogen-bond donors (Lipinski definition) is 1. The van der Waals surface area contributed by atoms with Gasteiger partial charge in [0.05, 0.1) is 11.9 Å². The third-order valence-corrected chi connectivity index (χ3v) is 3.70. The zero-order valence-corrected chi connectivity index (χ0v) is 13.5. The summed E-state index contributed by atoms with van der Waals surface area (Å²) in [6, 6.07) is 7.46. The summed E-state index contributed by atoms with van der Waals surface area (Å²) in [5, 5.41) is 3.28. The Morgan fingerprint density at radius 2 is 1.80 bits per heavy atom. The van der Waals surface area contributed by atoms with Crippen molar-refractivity contribution in [1.82, 2.24) is 5.32 Å². The van der Waals surface area contributed by atoms with Crippen LogP contribution in [0.2, 0.25) is 0 Å². The number of sulfone groups is 1. The Morgan fingerprint density at radius 3 is 2.25 bits per heavy atom. The van der Waals surface area contributed by atoms with E-state index in [0.29, 0.717) is 0 Å². The summed E-state index contributed by atoms with van der Waals surface area (Å²) in [6.45, 7) is 6.81. The zero-order chi connectivity index (χ0) is 15.2. The topological polar surface area (TPSA) is 55.4 Å². The van der Waals surface area contributed by atoms with Crippen molar-refractivity contribution in [2.75, 3.05) is 18.6 Å². The number of rotatable bonds is 8. The summed E-state index contributed by atoms with van der Waals surface area (Å²) >= 11 is 0. The second-order valence-electron chi connectivity index (χ2n) is 5.33. The van der Waals surface area contributed by atoms with Gasteiger partial charge in [-0.25, -0.2) is 8.42 Å². The molecule has 0 saturated heterocycles. The quantitative estimate of drug-likeness (QED) is 0.801. The Hall–Kier alpha value is -1.07. The number of ether oxygens (including phenoxy) is 1. The highest BCUT2D eigenvalue weighted by molar-refractivity contribution is 7.90. The molecular weight excluding hydrogens is 274 g/mol. The van der Waals surface area contributed by atoms with Crippen molar-refractivity contribution in [3.8, 4) is 5.75 Å². The predicted octanol–water partition coefficient (Wildman–Crippen LogP) is 2.56. The van der Waals surface area contributed by atoms with Crippen LogP contribution in [0.5, 0.6) is 5.75 Å². The summed E-state index contributed by atoms with van der Waals surface area (Å²) in [6.07, 6.45) is 2.37. The standard InChI is InChI=1S/C15H25NO3S/c1-5-10-16-15(11-20(4,17)18)13-6-8-14(9-7-13)19-12(2)3/h6-9,12,15-16H,5,10-11H2,1-4H3. The van der Waals surface area contributed by atoms with Gasteiger partial charge in [-0.2, -0.15) is 0 Å². The van der Waals surface area contributed by atoms with E-state index >= 15 is 0 Å². The lowest BCUT2D eigenvalue weighted by Gasteiger charge is -2.19. The molecule has 0 heterocycles. The molecule has 0 aliphatic heterocycles. The van der Waals surface area contributed by atoms with Crippen LogP contribution < -0.4 is 10.1 Å². The molecule has 1 N–H and O–H groups in total. The molecule has 0 aliphatic carbocycles. The molecule has 20 heavy (non-hydrogen) atoms. The summed E-state index contributed by atoms with van der Waals surface area (Å²) in [5.41, 5.74) is 0.972. The Labute approximate surface area is 122 Å². The van der Waals surface area contributed by atoms with Gasteiger partial charge in [-0.1, -0.05) is 19.1 Å². The average molecular weight is 299 g/mol. The van der Waals surface area contributed by atoms with E-state index in [-0.39, 0.29) is 17.9 Å².